The van der Waals surface area contributed by atoms with Crippen LogP contribution in [0.3, 0.4) is 0 Å². The summed E-state index contributed by atoms with van der Waals surface area (Å²) in [7, 11) is 0. The Labute approximate surface area is 91.6 Å². The molecular formula is C7H12ArN2. The second kappa shape index (κ2) is 6.36. The normalized spacial score (nSPS) is 18.8. The van der Waals surface area contributed by atoms with Crippen molar-refractivity contribution in [2.75, 3.05) is 0 Å². The van der Waals surface area contributed by atoms with Gasteiger partial charge in [-0.25, -0.2) is 10.4 Å². The van der Waals surface area contributed by atoms with Gasteiger partial charge in [-0.2, -0.15) is 0 Å². The Morgan fingerprint density at radius 2 is 1.80 bits per heavy atom. The smallest absolute Gasteiger partial charge is 0.0864 e. The largest absolute Gasteiger partial charge is 0.242 e. The van der Waals surface area contributed by atoms with Crippen molar-refractivity contribution in [2.45, 2.75) is 38.1 Å². The molecule has 0 amide bonds. The molecule has 0 heterocycles. The van der Waals surface area contributed by atoms with Crippen LogP contribution in [-0.2, 0) is 0 Å². The maximum Gasteiger partial charge on any atom is 0.0864 e. The molecule has 1 aliphatic carbocycles. The molecule has 0 radical (unpaired) electrons. The van der Waals surface area contributed by atoms with Crippen molar-refractivity contribution in [3.8, 4) is 0 Å². The van der Waals surface area contributed by atoms with Crippen LogP contribution in [0.2, 0.25) is 0 Å². The number of nitrogens with one attached hydrogen (secondary N) is 1. The maximum absolute atomic E-state index is 6.62. The van der Waals surface area contributed by atoms with Crippen LogP contribution in [0.1, 0.15) is 32.1 Å². The van der Waals surface area contributed by atoms with Gasteiger partial charge in [0.25, 0.3) is 0 Å². The van der Waals surface area contributed by atoms with Gasteiger partial charge >= 0.3 is 0 Å². The first-order valence-corrected chi connectivity index (χ1v) is 3.55. The van der Waals surface area contributed by atoms with Crippen LogP contribution >= 0.6 is 0 Å². The van der Waals surface area contributed by atoms with E-state index in [4.69, 9.17) is 5.41 Å². The summed E-state index contributed by atoms with van der Waals surface area (Å²) in [5.74, 6) is 0. The Kier molecular flexibility index (Phi) is 6.76. The van der Waals surface area contributed by atoms with Crippen LogP contribution < -0.4 is 0 Å². The number of aliphatic imine (C=N–C) groups is 1. The molecule has 10 heavy (non-hydrogen) atoms. The van der Waals surface area contributed by atoms with E-state index in [9.17, 15) is 0 Å². The second-order valence-electron chi connectivity index (χ2n) is 2.53. The quantitative estimate of drug-likeness (QED) is 0.576. The number of nitrogens with zero attached hydrogens (tertiary/aromatic N) is 1. The summed E-state index contributed by atoms with van der Waals surface area (Å²) in [6, 6.07) is 2.54. The van der Waals surface area contributed by atoms with Gasteiger partial charge in [-0.3, -0.25) is 0 Å². The minimum absolute atomic E-state index is 0. The summed E-state index contributed by atoms with van der Waals surface area (Å²) in [5, 5.41) is 6.62. The van der Waals surface area contributed by atoms with E-state index in [1.165, 1.54) is 32.1 Å². The minimum Gasteiger partial charge on any atom is -0.242 e. The van der Waals surface area contributed by atoms with Crippen molar-refractivity contribution in [2.24, 2.45) is 4.99 Å². The van der Waals surface area contributed by atoms with Crippen molar-refractivity contribution in [3.63, 3.8) is 0 Å². The van der Waals surface area contributed by atoms with Gasteiger partial charge in [0.1, 0.15) is 0 Å². The molecule has 2 nitrogen and oxygen atoms in total. The van der Waals surface area contributed by atoms with Crippen molar-refractivity contribution in [1.29, 1.82) is 5.41 Å². The summed E-state index contributed by atoms with van der Waals surface area (Å²) in [6.07, 6.45) is 6.27. The number of hydrogen-bond acceptors (Lipinski definition) is 2. The predicted molar refractivity (Wildman–Crippen MR) is 37.0 cm³/mol. The predicted octanol–water partition coefficient (Wildman–Crippen LogP) is 2.07. The van der Waals surface area contributed by atoms with Gasteiger partial charge in [0.2, 0.25) is 0 Å². The zero-order chi connectivity index (χ0) is 6.53. The standard InChI is InChI=1S/C7H12N2.Ar/c8-6-9-7-4-2-1-3-5-7;/h7-8H,1-5H2;. The van der Waals surface area contributed by atoms with E-state index in [0.29, 0.717) is 6.04 Å². The average Bonchev–Trinajstić information content (AvgIpc) is 1.91. The first-order valence-electron chi connectivity index (χ1n) is 3.55. The van der Waals surface area contributed by atoms with Crippen molar-refractivity contribution >= 4 is 6.01 Å². The van der Waals surface area contributed by atoms with E-state index in [2.05, 4.69) is 11.0 Å². The fraction of sp³-hybridized carbons (Fsp3) is 0.857. The van der Waals surface area contributed by atoms with E-state index in [1.54, 1.807) is 0 Å². The fourth-order valence-electron chi connectivity index (χ4n) is 1.30. The Morgan fingerprint density at radius 3 is 2.30 bits per heavy atom. The van der Waals surface area contributed by atoms with Gasteiger partial charge in [0.15, 0.2) is 0 Å². The topological polar surface area (TPSA) is 36.2 Å². The van der Waals surface area contributed by atoms with Gasteiger partial charge in [-0.15, -0.1) is 0 Å². The summed E-state index contributed by atoms with van der Waals surface area (Å²) in [6.45, 7) is 0. The zero-order valence-electron chi connectivity index (χ0n) is 5.91. The Balaban J connectivity index is 0.000000810. The van der Waals surface area contributed by atoms with Crippen LogP contribution in [0.5, 0.6) is 0 Å². The van der Waals surface area contributed by atoms with Crippen LogP contribution in [0.25, 0.3) is 0 Å². The Morgan fingerprint density at radius 1 is 1.20 bits per heavy atom. The molecule has 1 rings (SSSR count). The SMILES string of the molecule is N=C=NC1CCCCC1.[Ar]. The van der Waals surface area contributed by atoms with Crippen molar-refractivity contribution in [1.82, 2.24) is 0 Å². The third-order valence-electron chi connectivity index (χ3n) is 1.82. The molecule has 1 saturated carbocycles. The molecule has 1 N–H and O–H groups in total. The van der Waals surface area contributed by atoms with E-state index in [1.807, 2.05) is 0 Å². The van der Waals surface area contributed by atoms with Gasteiger partial charge in [0.05, 0.1) is 12.1 Å². The Bertz CT molecular complexity index is 124. The molecule has 58 valence electrons. The Hall–Kier alpha value is 0.640. The van der Waals surface area contributed by atoms with Gasteiger partial charge < -0.3 is 0 Å². The maximum atomic E-state index is 6.62. The van der Waals surface area contributed by atoms with Gasteiger partial charge in [0, 0.05) is 37.7 Å². The molecule has 0 aliphatic heterocycles. The molecule has 0 atom stereocenters. The molecule has 0 spiro atoms. The molecule has 0 aromatic rings. The molecular weight excluding hydrogens is 152 g/mol. The summed E-state index contributed by atoms with van der Waals surface area (Å²) in [4.78, 5) is 3.90. The number of rotatable bonds is 1. The fourth-order valence-corrected chi connectivity index (χ4v) is 1.30. The molecule has 0 saturated heterocycles. The molecule has 0 unspecified atom stereocenters. The molecule has 0 bridgehead atoms. The molecule has 1 fully saturated rings. The van der Waals surface area contributed by atoms with E-state index >= 15 is 0 Å². The summed E-state index contributed by atoms with van der Waals surface area (Å²) in [5.41, 5.74) is 0. The van der Waals surface area contributed by atoms with Crippen LogP contribution in [0, 0.1) is 43.1 Å². The van der Waals surface area contributed by atoms with Crippen LogP contribution in [0.15, 0.2) is 4.99 Å². The minimum atomic E-state index is 0. The third-order valence-corrected chi connectivity index (χ3v) is 1.82. The van der Waals surface area contributed by atoms with Crippen LogP contribution in [0.4, 0.5) is 0 Å². The monoisotopic (exact) mass is 164 g/mol. The van der Waals surface area contributed by atoms with E-state index in [-0.39, 0.29) is 37.7 Å². The van der Waals surface area contributed by atoms with Crippen LogP contribution in [-0.4, -0.2) is 12.1 Å². The molecule has 0 aromatic carbocycles. The van der Waals surface area contributed by atoms with Gasteiger partial charge in [-0.05, 0) is 12.8 Å². The van der Waals surface area contributed by atoms with Crippen molar-refractivity contribution < 1.29 is 37.7 Å². The van der Waals surface area contributed by atoms with Crippen molar-refractivity contribution in [3.05, 3.63) is 0 Å². The number of hydrogen-bond donors (Lipinski definition) is 1. The second-order valence-corrected chi connectivity index (χ2v) is 2.53. The zero-order valence-corrected chi connectivity index (χ0v) is 6.62. The average molecular weight is 164 g/mol. The molecule has 1 aliphatic rings. The molecule has 3 heteroatoms. The molecule has 0 aromatic heterocycles. The first kappa shape index (κ1) is 10.6. The summed E-state index contributed by atoms with van der Waals surface area (Å²) < 4.78 is 0. The van der Waals surface area contributed by atoms with Gasteiger partial charge in [-0.1, -0.05) is 19.3 Å². The first-order chi connectivity index (χ1) is 4.43. The van der Waals surface area contributed by atoms with E-state index < -0.39 is 0 Å². The third kappa shape index (κ3) is 3.72. The summed E-state index contributed by atoms with van der Waals surface area (Å²) >= 11 is 0. The van der Waals surface area contributed by atoms with E-state index in [0.717, 1.165) is 0 Å².